The van der Waals surface area contributed by atoms with Crippen molar-refractivity contribution in [1.29, 1.82) is 0 Å². The van der Waals surface area contributed by atoms with Crippen LogP contribution >= 0.6 is 23.2 Å². The first-order chi connectivity index (χ1) is 12.4. The topological polar surface area (TPSA) is 75.4 Å². The van der Waals surface area contributed by atoms with E-state index in [-0.39, 0.29) is 12.5 Å². The number of aryl methyl sites for hydroxylation is 2. The number of aromatic nitrogens is 1. The molecule has 26 heavy (non-hydrogen) atoms. The second kappa shape index (κ2) is 7.50. The Morgan fingerprint density at radius 1 is 1.19 bits per heavy atom. The fourth-order valence-corrected chi connectivity index (χ4v) is 3.08. The van der Waals surface area contributed by atoms with Crippen molar-refractivity contribution in [3.63, 3.8) is 0 Å². The molecule has 0 aliphatic carbocycles. The highest BCUT2D eigenvalue weighted by molar-refractivity contribution is 6.35. The Balaban J connectivity index is 1.86. The van der Waals surface area contributed by atoms with Gasteiger partial charge in [0.1, 0.15) is 0 Å². The van der Waals surface area contributed by atoms with Crippen LogP contribution in [-0.4, -0.2) is 16.0 Å². The number of halogens is 2. The number of carbonyl (C=O) groups excluding carboxylic acids is 1. The first-order valence-corrected chi connectivity index (χ1v) is 8.58. The molecule has 134 valence electrons. The summed E-state index contributed by atoms with van der Waals surface area (Å²) in [6.45, 7) is 3.66. The number of rotatable bonds is 4. The van der Waals surface area contributed by atoms with E-state index in [9.17, 15) is 9.90 Å². The maximum Gasteiger partial charge on any atom is 0.311 e. The second-order valence-electron chi connectivity index (χ2n) is 5.87. The van der Waals surface area contributed by atoms with Crippen LogP contribution in [0, 0.1) is 13.8 Å². The Hall–Kier alpha value is -2.34. The highest BCUT2D eigenvalue weighted by Crippen LogP contribution is 2.31. The summed E-state index contributed by atoms with van der Waals surface area (Å²) in [6.07, 6.45) is 1.43. The molecule has 0 fully saturated rings. The summed E-state index contributed by atoms with van der Waals surface area (Å²) in [4.78, 5) is 16.5. The normalized spacial score (nSPS) is 10.8. The van der Waals surface area contributed by atoms with E-state index in [1.54, 1.807) is 18.2 Å². The first kappa shape index (κ1) is 18.5. The van der Waals surface area contributed by atoms with Crippen LogP contribution in [0.4, 0.5) is 5.69 Å². The number of carbonyl (C=O) groups is 1. The number of oxazole rings is 1. The van der Waals surface area contributed by atoms with Gasteiger partial charge in [-0.3, -0.25) is 4.79 Å². The van der Waals surface area contributed by atoms with Gasteiger partial charge in [-0.1, -0.05) is 35.3 Å². The molecular formula is C19H16Cl2N2O3. The van der Waals surface area contributed by atoms with E-state index in [0.29, 0.717) is 27.1 Å². The van der Waals surface area contributed by atoms with Crippen LogP contribution in [-0.2, 0) is 6.61 Å². The highest BCUT2D eigenvalue weighted by atomic mass is 35.5. The molecule has 0 unspecified atom stereocenters. The molecule has 7 heteroatoms. The smallest absolute Gasteiger partial charge is 0.311 e. The molecule has 0 saturated carbocycles. The number of nitrogens with zero attached hydrogens (tertiary/aromatic N) is 1. The van der Waals surface area contributed by atoms with Crippen molar-refractivity contribution < 1.29 is 14.3 Å². The molecule has 1 aromatic heterocycles. The predicted molar refractivity (Wildman–Crippen MR) is 102 cm³/mol. The molecule has 3 rings (SSSR count). The van der Waals surface area contributed by atoms with E-state index in [4.69, 9.17) is 27.6 Å². The minimum absolute atomic E-state index is 0.0562. The molecule has 0 atom stereocenters. The van der Waals surface area contributed by atoms with Crippen molar-refractivity contribution in [2.45, 2.75) is 20.5 Å². The van der Waals surface area contributed by atoms with Gasteiger partial charge >= 0.3 is 5.91 Å². The molecule has 0 aliphatic rings. The third-order valence-corrected chi connectivity index (χ3v) is 4.47. The predicted octanol–water partition coefficient (Wildman–Crippen LogP) is 5.01. The van der Waals surface area contributed by atoms with E-state index in [1.807, 2.05) is 26.0 Å². The van der Waals surface area contributed by atoms with Gasteiger partial charge in [0.05, 0.1) is 17.8 Å². The summed E-state index contributed by atoms with van der Waals surface area (Å²) in [7, 11) is 0. The third kappa shape index (κ3) is 3.75. The van der Waals surface area contributed by atoms with Gasteiger partial charge in [0.25, 0.3) is 5.89 Å². The van der Waals surface area contributed by atoms with Crippen molar-refractivity contribution in [3.05, 3.63) is 69.2 Å². The van der Waals surface area contributed by atoms with E-state index >= 15 is 0 Å². The number of aliphatic hydroxyl groups excluding tert-OH is 1. The summed E-state index contributed by atoms with van der Waals surface area (Å²) in [5.74, 6) is -0.204. The van der Waals surface area contributed by atoms with Gasteiger partial charge in [0, 0.05) is 16.3 Å². The van der Waals surface area contributed by atoms with Crippen molar-refractivity contribution >= 4 is 34.8 Å². The van der Waals surface area contributed by atoms with Crippen LogP contribution in [0.1, 0.15) is 27.4 Å². The zero-order valence-corrected chi connectivity index (χ0v) is 15.6. The van der Waals surface area contributed by atoms with Crippen LogP contribution in [0.3, 0.4) is 0 Å². The molecule has 1 amide bonds. The Morgan fingerprint density at radius 3 is 2.54 bits per heavy atom. The van der Waals surface area contributed by atoms with Crippen LogP contribution in [0.2, 0.25) is 10.0 Å². The van der Waals surface area contributed by atoms with E-state index < -0.39 is 5.91 Å². The quantitative estimate of drug-likeness (QED) is 0.656. The third-order valence-electron chi connectivity index (χ3n) is 3.91. The van der Waals surface area contributed by atoms with Gasteiger partial charge in [-0.15, -0.1) is 0 Å². The largest absolute Gasteiger partial charge is 0.432 e. The van der Waals surface area contributed by atoms with Crippen molar-refractivity contribution in [1.82, 2.24) is 4.98 Å². The SMILES string of the molecule is Cc1cc(CO)cc(C)c1NC(=O)c1ncc(-c2cc(Cl)ccc2Cl)o1. The Bertz CT molecular complexity index is 960. The lowest BCUT2D eigenvalue weighted by Crippen LogP contribution is -2.14. The van der Waals surface area contributed by atoms with Crippen molar-refractivity contribution in [2.75, 3.05) is 5.32 Å². The number of aliphatic hydroxyl groups is 1. The average molecular weight is 391 g/mol. The van der Waals surface area contributed by atoms with Gasteiger partial charge in [-0.25, -0.2) is 4.98 Å². The van der Waals surface area contributed by atoms with E-state index in [2.05, 4.69) is 10.3 Å². The Morgan fingerprint density at radius 2 is 1.88 bits per heavy atom. The molecule has 0 spiro atoms. The van der Waals surface area contributed by atoms with Crippen LogP contribution in [0.25, 0.3) is 11.3 Å². The molecule has 2 aromatic carbocycles. The number of anilines is 1. The minimum atomic E-state index is -0.475. The summed E-state index contributed by atoms with van der Waals surface area (Å²) in [5.41, 5.74) is 3.68. The zero-order chi connectivity index (χ0) is 18.8. The van der Waals surface area contributed by atoms with Gasteiger partial charge < -0.3 is 14.8 Å². The van der Waals surface area contributed by atoms with Gasteiger partial charge in [-0.2, -0.15) is 0 Å². The maximum absolute atomic E-state index is 12.5. The number of benzene rings is 2. The summed E-state index contributed by atoms with van der Waals surface area (Å²) in [6, 6.07) is 8.59. The van der Waals surface area contributed by atoms with Crippen LogP contribution in [0.15, 0.2) is 40.9 Å². The maximum atomic E-state index is 12.5. The Labute approximate surface area is 160 Å². The molecular weight excluding hydrogens is 375 g/mol. The fourth-order valence-electron chi connectivity index (χ4n) is 2.70. The van der Waals surface area contributed by atoms with E-state index in [1.165, 1.54) is 6.20 Å². The highest BCUT2D eigenvalue weighted by Gasteiger charge is 2.18. The van der Waals surface area contributed by atoms with Gasteiger partial charge in [0.2, 0.25) is 0 Å². The summed E-state index contributed by atoms with van der Waals surface area (Å²) in [5, 5.41) is 13.0. The number of amides is 1. The molecule has 3 aromatic rings. The number of hydrogen-bond acceptors (Lipinski definition) is 4. The molecule has 5 nitrogen and oxygen atoms in total. The molecule has 0 aliphatic heterocycles. The van der Waals surface area contributed by atoms with Crippen LogP contribution in [0.5, 0.6) is 0 Å². The lowest BCUT2D eigenvalue weighted by atomic mass is 10.0. The number of hydrogen-bond donors (Lipinski definition) is 2. The molecule has 0 bridgehead atoms. The lowest BCUT2D eigenvalue weighted by molar-refractivity contribution is 0.0991. The fraction of sp³-hybridized carbons (Fsp3) is 0.158. The van der Waals surface area contributed by atoms with Gasteiger partial charge in [0.15, 0.2) is 5.76 Å². The standard InChI is InChI=1S/C19H16Cl2N2O3/c1-10-5-12(9-24)6-11(2)17(10)23-18(25)19-22-8-16(26-19)14-7-13(20)3-4-15(14)21/h3-8,24H,9H2,1-2H3,(H,23,25). The second-order valence-corrected chi connectivity index (χ2v) is 6.71. The molecule has 2 N–H and O–H groups in total. The molecule has 1 heterocycles. The van der Waals surface area contributed by atoms with Crippen LogP contribution < -0.4 is 5.32 Å². The molecule has 0 radical (unpaired) electrons. The first-order valence-electron chi connectivity index (χ1n) is 7.82. The number of nitrogens with one attached hydrogen (secondary N) is 1. The Kier molecular flexibility index (Phi) is 5.32. The zero-order valence-electron chi connectivity index (χ0n) is 14.1. The average Bonchev–Trinajstić information content (AvgIpc) is 3.09. The van der Waals surface area contributed by atoms with Crippen molar-refractivity contribution in [3.8, 4) is 11.3 Å². The minimum Gasteiger partial charge on any atom is -0.432 e. The van der Waals surface area contributed by atoms with Crippen molar-refractivity contribution in [2.24, 2.45) is 0 Å². The lowest BCUT2D eigenvalue weighted by Gasteiger charge is -2.12. The molecule has 0 saturated heterocycles. The van der Waals surface area contributed by atoms with E-state index in [0.717, 1.165) is 16.7 Å². The monoisotopic (exact) mass is 390 g/mol. The summed E-state index contributed by atoms with van der Waals surface area (Å²) < 4.78 is 5.56. The van der Waals surface area contributed by atoms with Gasteiger partial charge in [-0.05, 0) is 48.7 Å². The summed E-state index contributed by atoms with van der Waals surface area (Å²) >= 11 is 12.1.